The van der Waals surface area contributed by atoms with Crippen molar-refractivity contribution in [2.45, 2.75) is 26.2 Å². The van der Waals surface area contributed by atoms with E-state index in [4.69, 9.17) is 9.84 Å². The van der Waals surface area contributed by atoms with Crippen LogP contribution in [0.1, 0.15) is 36.7 Å². The minimum Gasteiger partial charge on any atom is -0.478 e. The molecule has 3 nitrogen and oxygen atoms in total. The summed E-state index contributed by atoms with van der Waals surface area (Å²) in [6, 6.07) is 22.9. The van der Waals surface area contributed by atoms with Crippen molar-refractivity contribution in [3.05, 3.63) is 83.9 Å². The van der Waals surface area contributed by atoms with Gasteiger partial charge in [0.15, 0.2) is 0 Å². The topological polar surface area (TPSA) is 46.5 Å². The molecule has 0 fully saturated rings. The van der Waals surface area contributed by atoms with Gasteiger partial charge in [-0.3, -0.25) is 0 Å². The molecule has 0 saturated heterocycles. The van der Waals surface area contributed by atoms with Crippen molar-refractivity contribution in [1.29, 1.82) is 0 Å². The number of carbonyl (C=O) groups is 1. The third kappa shape index (κ3) is 4.12. The van der Waals surface area contributed by atoms with E-state index in [-0.39, 0.29) is 11.0 Å². The molecule has 0 spiro atoms. The van der Waals surface area contributed by atoms with Gasteiger partial charge in [0, 0.05) is 0 Å². The Hall–Kier alpha value is -3.07. The fraction of sp³-hybridized carbons (Fsp3) is 0.174. The van der Waals surface area contributed by atoms with E-state index in [0.29, 0.717) is 11.5 Å². The lowest BCUT2D eigenvalue weighted by molar-refractivity contribution is 0.0697. The first-order chi connectivity index (χ1) is 12.3. The van der Waals surface area contributed by atoms with Crippen LogP contribution in [-0.4, -0.2) is 11.1 Å². The molecule has 0 atom stereocenters. The Kier molecular flexibility index (Phi) is 4.81. The van der Waals surface area contributed by atoms with Gasteiger partial charge in [-0.2, -0.15) is 0 Å². The van der Waals surface area contributed by atoms with Crippen LogP contribution in [0.25, 0.3) is 11.1 Å². The normalized spacial score (nSPS) is 11.2. The maximum Gasteiger partial charge on any atom is 0.335 e. The van der Waals surface area contributed by atoms with Crippen LogP contribution in [0.3, 0.4) is 0 Å². The minimum atomic E-state index is -0.946. The summed E-state index contributed by atoms with van der Waals surface area (Å²) >= 11 is 0. The largest absolute Gasteiger partial charge is 0.478 e. The van der Waals surface area contributed by atoms with Gasteiger partial charge in [-0.1, -0.05) is 57.2 Å². The Morgan fingerprint density at radius 1 is 0.731 bits per heavy atom. The van der Waals surface area contributed by atoms with Crippen LogP contribution in [0.15, 0.2) is 72.8 Å². The van der Waals surface area contributed by atoms with Crippen LogP contribution in [0.5, 0.6) is 11.5 Å². The third-order valence-electron chi connectivity index (χ3n) is 4.28. The molecule has 3 aromatic carbocycles. The number of ether oxygens (including phenoxy) is 1. The lowest BCUT2D eigenvalue weighted by Gasteiger charge is -2.19. The molecule has 0 aliphatic heterocycles. The van der Waals surface area contributed by atoms with E-state index in [2.05, 4.69) is 45.0 Å². The second-order valence-electron chi connectivity index (χ2n) is 7.28. The lowest BCUT2D eigenvalue weighted by Crippen LogP contribution is -2.10. The molecule has 0 amide bonds. The molecule has 0 bridgehead atoms. The average molecular weight is 346 g/mol. The summed E-state index contributed by atoms with van der Waals surface area (Å²) in [5.74, 6) is 0.374. The Bertz CT molecular complexity index is 884. The van der Waals surface area contributed by atoms with Gasteiger partial charge in [0.05, 0.1) is 5.56 Å². The van der Waals surface area contributed by atoms with Crippen LogP contribution >= 0.6 is 0 Å². The third-order valence-corrected chi connectivity index (χ3v) is 4.28. The number of benzene rings is 3. The van der Waals surface area contributed by atoms with Gasteiger partial charge < -0.3 is 9.84 Å². The first kappa shape index (κ1) is 17.7. The predicted molar refractivity (Wildman–Crippen MR) is 104 cm³/mol. The Morgan fingerprint density at radius 3 is 1.58 bits per heavy atom. The molecule has 0 unspecified atom stereocenters. The standard InChI is InChI=1S/C23H22O3/c1-23(2,3)19-10-4-16(5-11-19)17-6-12-20(13-7-17)26-21-14-8-18(9-15-21)22(24)25/h4-15H,1-3H3,(H,24,25). The van der Waals surface area contributed by atoms with Gasteiger partial charge >= 0.3 is 5.97 Å². The van der Waals surface area contributed by atoms with Crippen LogP contribution in [0, 0.1) is 0 Å². The highest BCUT2D eigenvalue weighted by Gasteiger charge is 2.13. The Morgan fingerprint density at radius 2 is 1.15 bits per heavy atom. The molecule has 1 N–H and O–H groups in total. The van der Waals surface area contributed by atoms with E-state index in [1.54, 1.807) is 12.1 Å². The molecular formula is C23H22O3. The smallest absolute Gasteiger partial charge is 0.335 e. The van der Waals surface area contributed by atoms with Crippen molar-refractivity contribution in [1.82, 2.24) is 0 Å². The first-order valence-corrected chi connectivity index (χ1v) is 8.55. The summed E-state index contributed by atoms with van der Waals surface area (Å²) in [6.45, 7) is 6.62. The maximum absolute atomic E-state index is 10.9. The van der Waals surface area contributed by atoms with E-state index >= 15 is 0 Å². The van der Waals surface area contributed by atoms with Gasteiger partial charge in [0.1, 0.15) is 11.5 Å². The number of carboxylic acids is 1. The van der Waals surface area contributed by atoms with E-state index in [1.165, 1.54) is 17.7 Å². The highest BCUT2D eigenvalue weighted by molar-refractivity contribution is 5.87. The highest BCUT2D eigenvalue weighted by Crippen LogP contribution is 2.28. The average Bonchev–Trinajstić information content (AvgIpc) is 2.62. The zero-order valence-electron chi connectivity index (χ0n) is 15.2. The summed E-state index contributed by atoms with van der Waals surface area (Å²) < 4.78 is 5.77. The molecule has 26 heavy (non-hydrogen) atoms. The van der Waals surface area contributed by atoms with Crippen LogP contribution in [0.4, 0.5) is 0 Å². The maximum atomic E-state index is 10.9. The second-order valence-corrected chi connectivity index (χ2v) is 7.28. The molecule has 3 heteroatoms. The Labute approximate surface area is 153 Å². The molecule has 0 saturated carbocycles. The highest BCUT2D eigenvalue weighted by atomic mass is 16.5. The number of hydrogen-bond donors (Lipinski definition) is 1. The minimum absolute atomic E-state index is 0.145. The molecule has 3 rings (SSSR count). The summed E-state index contributed by atoms with van der Waals surface area (Å²) in [5, 5.41) is 8.92. The fourth-order valence-electron chi connectivity index (χ4n) is 2.68. The summed E-state index contributed by atoms with van der Waals surface area (Å²) in [5.41, 5.74) is 3.98. The SMILES string of the molecule is CC(C)(C)c1ccc(-c2ccc(Oc3ccc(C(=O)O)cc3)cc2)cc1. The molecule has 0 aliphatic rings. The monoisotopic (exact) mass is 346 g/mol. The van der Waals surface area contributed by atoms with Gasteiger partial charge in [-0.15, -0.1) is 0 Å². The van der Waals surface area contributed by atoms with E-state index < -0.39 is 5.97 Å². The number of carboxylic acid groups (broad SMARTS) is 1. The van der Waals surface area contributed by atoms with Gasteiger partial charge in [0.25, 0.3) is 0 Å². The van der Waals surface area contributed by atoms with E-state index in [9.17, 15) is 4.79 Å². The molecule has 0 heterocycles. The van der Waals surface area contributed by atoms with Crippen LogP contribution in [-0.2, 0) is 5.41 Å². The lowest BCUT2D eigenvalue weighted by atomic mass is 9.86. The molecular weight excluding hydrogens is 324 g/mol. The van der Waals surface area contributed by atoms with E-state index in [1.807, 2.05) is 24.3 Å². The zero-order chi connectivity index (χ0) is 18.7. The quantitative estimate of drug-likeness (QED) is 0.617. The Balaban J connectivity index is 1.73. The van der Waals surface area contributed by atoms with Crippen molar-refractivity contribution in [2.75, 3.05) is 0 Å². The van der Waals surface area contributed by atoms with Crippen LogP contribution < -0.4 is 4.74 Å². The summed E-state index contributed by atoms with van der Waals surface area (Å²) in [6.07, 6.45) is 0. The van der Waals surface area contributed by atoms with Crippen molar-refractivity contribution in [3.63, 3.8) is 0 Å². The first-order valence-electron chi connectivity index (χ1n) is 8.55. The number of rotatable bonds is 4. The number of aromatic carboxylic acids is 1. The molecule has 0 aliphatic carbocycles. The van der Waals surface area contributed by atoms with Crippen molar-refractivity contribution in [3.8, 4) is 22.6 Å². The van der Waals surface area contributed by atoms with Crippen molar-refractivity contribution in [2.24, 2.45) is 0 Å². The molecule has 3 aromatic rings. The van der Waals surface area contributed by atoms with Crippen molar-refractivity contribution >= 4 is 5.97 Å². The summed E-state index contributed by atoms with van der Waals surface area (Å²) in [7, 11) is 0. The second kappa shape index (κ2) is 7.04. The van der Waals surface area contributed by atoms with Crippen LogP contribution in [0.2, 0.25) is 0 Å². The summed E-state index contributed by atoms with van der Waals surface area (Å²) in [4.78, 5) is 10.9. The molecule has 0 radical (unpaired) electrons. The van der Waals surface area contributed by atoms with Gasteiger partial charge in [-0.05, 0) is 58.5 Å². The zero-order valence-corrected chi connectivity index (χ0v) is 15.2. The van der Waals surface area contributed by atoms with E-state index in [0.717, 1.165) is 11.1 Å². The molecule has 0 aromatic heterocycles. The molecule has 132 valence electrons. The van der Waals surface area contributed by atoms with Crippen molar-refractivity contribution < 1.29 is 14.6 Å². The predicted octanol–water partition coefficient (Wildman–Crippen LogP) is 6.14. The van der Waals surface area contributed by atoms with Gasteiger partial charge in [0.2, 0.25) is 0 Å². The van der Waals surface area contributed by atoms with Gasteiger partial charge in [-0.25, -0.2) is 4.79 Å². The number of hydrogen-bond acceptors (Lipinski definition) is 2. The fourth-order valence-corrected chi connectivity index (χ4v) is 2.68.